The number of rotatable bonds is 4. The fourth-order valence-corrected chi connectivity index (χ4v) is 4.57. The fourth-order valence-electron chi connectivity index (χ4n) is 2.75. The van der Waals surface area contributed by atoms with Gasteiger partial charge in [-0.3, -0.25) is 15.4 Å². The predicted molar refractivity (Wildman–Crippen MR) is 118 cm³/mol. The minimum absolute atomic E-state index is 0.116. The van der Waals surface area contributed by atoms with Crippen molar-refractivity contribution in [2.75, 3.05) is 11.6 Å². The summed E-state index contributed by atoms with van der Waals surface area (Å²) < 4.78 is 25.7. The van der Waals surface area contributed by atoms with Gasteiger partial charge in [-0.1, -0.05) is 22.9 Å². The highest BCUT2D eigenvalue weighted by atomic mass is 35.5. The van der Waals surface area contributed by atoms with Gasteiger partial charge in [-0.2, -0.15) is 0 Å². The molecular weight excluding hydrogens is 462 g/mol. The zero-order valence-electron chi connectivity index (χ0n) is 15.9. The summed E-state index contributed by atoms with van der Waals surface area (Å²) in [5.74, 6) is -0.690. The van der Waals surface area contributed by atoms with E-state index in [4.69, 9.17) is 11.6 Å². The van der Waals surface area contributed by atoms with Gasteiger partial charge in [-0.15, -0.1) is 0 Å². The summed E-state index contributed by atoms with van der Waals surface area (Å²) in [6, 6.07) is 8.49. The van der Waals surface area contributed by atoms with Crippen molar-refractivity contribution < 1.29 is 18.0 Å². The Balaban J connectivity index is 1.50. The van der Waals surface area contributed by atoms with Crippen molar-refractivity contribution in [1.29, 1.82) is 0 Å². The molecule has 2 heterocycles. The maximum Gasteiger partial charge on any atom is 0.327 e. The normalized spacial score (nSPS) is 11.4. The Bertz CT molecular complexity index is 1410. The van der Waals surface area contributed by atoms with Gasteiger partial charge in [0, 0.05) is 24.3 Å². The van der Waals surface area contributed by atoms with Crippen molar-refractivity contribution in [1.82, 2.24) is 19.9 Å². The van der Waals surface area contributed by atoms with Crippen molar-refractivity contribution in [2.24, 2.45) is 0 Å². The second-order valence-electron chi connectivity index (χ2n) is 6.46. The number of imide groups is 1. The third kappa shape index (κ3) is 4.58. The van der Waals surface area contributed by atoms with Crippen molar-refractivity contribution in [3.8, 4) is 5.69 Å². The lowest BCUT2D eigenvalue weighted by atomic mass is 10.2. The van der Waals surface area contributed by atoms with Crippen molar-refractivity contribution in [3.05, 3.63) is 65.7 Å². The molecule has 0 saturated heterocycles. The molecule has 0 spiro atoms. The van der Waals surface area contributed by atoms with E-state index in [1.165, 1.54) is 18.2 Å². The summed E-state index contributed by atoms with van der Waals surface area (Å²) in [5.41, 5.74) is 1.29. The molecule has 4 aromatic rings. The van der Waals surface area contributed by atoms with Crippen LogP contribution in [0.1, 0.15) is 10.4 Å². The second-order valence-corrected chi connectivity index (χ2v) is 9.92. The fraction of sp³-hybridized carbons (Fsp3) is 0.0526. The van der Waals surface area contributed by atoms with E-state index in [2.05, 4.69) is 20.6 Å². The molecule has 4 rings (SSSR count). The van der Waals surface area contributed by atoms with Crippen LogP contribution in [0.2, 0.25) is 5.02 Å². The number of hydrogen-bond acceptors (Lipinski definition) is 7. The zero-order chi connectivity index (χ0) is 22.2. The number of aromatic nitrogens is 3. The minimum Gasteiger partial charge on any atom is -0.306 e. The van der Waals surface area contributed by atoms with E-state index in [1.54, 1.807) is 41.5 Å². The van der Waals surface area contributed by atoms with E-state index in [9.17, 15) is 18.0 Å². The Labute approximate surface area is 185 Å². The number of carbonyl (C=O) groups is 2. The summed E-state index contributed by atoms with van der Waals surface area (Å²) in [7, 11) is -3.36. The van der Waals surface area contributed by atoms with Gasteiger partial charge in [0.1, 0.15) is 0 Å². The summed E-state index contributed by atoms with van der Waals surface area (Å²) >= 11 is 7.21. The van der Waals surface area contributed by atoms with E-state index < -0.39 is 21.8 Å². The molecule has 0 radical (unpaired) electrons. The first-order valence-electron chi connectivity index (χ1n) is 8.71. The number of nitrogens with one attached hydrogen (secondary N) is 2. The van der Waals surface area contributed by atoms with Crippen LogP contribution in [0.15, 0.2) is 60.0 Å². The third-order valence-electron chi connectivity index (χ3n) is 4.23. The monoisotopic (exact) mass is 475 g/mol. The summed E-state index contributed by atoms with van der Waals surface area (Å²) in [4.78, 5) is 33.2. The number of nitrogens with zero attached hydrogens (tertiary/aromatic N) is 3. The van der Waals surface area contributed by atoms with Gasteiger partial charge < -0.3 is 4.57 Å². The van der Waals surface area contributed by atoms with Crippen LogP contribution in [-0.4, -0.2) is 41.1 Å². The van der Waals surface area contributed by atoms with Gasteiger partial charge in [0.25, 0.3) is 5.91 Å². The maximum atomic E-state index is 12.6. The number of carbonyl (C=O) groups excluding carboxylic acids is 2. The molecule has 3 amide bonds. The first-order chi connectivity index (χ1) is 14.7. The molecule has 0 unspecified atom stereocenters. The molecule has 0 aliphatic carbocycles. The number of thiazole rings is 1. The zero-order valence-corrected chi connectivity index (χ0v) is 18.3. The standard InChI is InChI=1S/C19H14ClN5O4S2/c1-31(28,29)12-3-5-15-16(9-12)30-19(22-15)24-18(27)23-17(26)13-8-11(2-4-14(13)20)25-7-6-21-10-25/h2-10H,1H3,(H2,22,23,24,26,27). The van der Waals surface area contributed by atoms with E-state index in [-0.39, 0.29) is 20.6 Å². The molecule has 2 aromatic carbocycles. The topological polar surface area (TPSA) is 123 Å². The van der Waals surface area contributed by atoms with Crippen molar-refractivity contribution >= 4 is 60.1 Å². The van der Waals surface area contributed by atoms with Crippen LogP contribution in [-0.2, 0) is 9.84 Å². The first-order valence-corrected chi connectivity index (χ1v) is 11.8. The first kappa shape index (κ1) is 21.0. The Morgan fingerprint density at radius 1 is 1.16 bits per heavy atom. The number of halogens is 1. The SMILES string of the molecule is CS(=O)(=O)c1ccc2nc(NC(=O)NC(=O)c3cc(-n4ccnc4)ccc3Cl)sc2c1. The van der Waals surface area contributed by atoms with Crippen LogP contribution in [0.5, 0.6) is 0 Å². The lowest BCUT2D eigenvalue weighted by molar-refractivity contribution is 0.0967. The van der Waals surface area contributed by atoms with Crippen molar-refractivity contribution in [3.63, 3.8) is 0 Å². The Morgan fingerprint density at radius 3 is 2.68 bits per heavy atom. The molecule has 2 N–H and O–H groups in total. The average molecular weight is 476 g/mol. The number of imidazole rings is 1. The quantitative estimate of drug-likeness (QED) is 0.465. The summed E-state index contributed by atoms with van der Waals surface area (Å²) in [5, 5.41) is 5.09. The summed E-state index contributed by atoms with van der Waals surface area (Å²) in [6.45, 7) is 0. The molecule has 2 aromatic heterocycles. The average Bonchev–Trinajstić information content (AvgIpc) is 3.36. The van der Waals surface area contributed by atoms with Crippen LogP contribution < -0.4 is 10.6 Å². The molecule has 0 saturated carbocycles. The van der Waals surface area contributed by atoms with Gasteiger partial charge >= 0.3 is 6.03 Å². The third-order valence-corrected chi connectivity index (χ3v) is 6.61. The lowest BCUT2D eigenvalue weighted by Gasteiger charge is -2.09. The van der Waals surface area contributed by atoms with Crippen molar-refractivity contribution in [2.45, 2.75) is 4.90 Å². The number of amides is 3. The lowest BCUT2D eigenvalue weighted by Crippen LogP contribution is -2.34. The highest BCUT2D eigenvalue weighted by molar-refractivity contribution is 7.90. The number of fused-ring (bicyclic) bond motifs is 1. The highest BCUT2D eigenvalue weighted by Crippen LogP contribution is 2.28. The van der Waals surface area contributed by atoms with Crippen LogP contribution in [0.25, 0.3) is 15.9 Å². The second kappa shape index (κ2) is 8.10. The molecule has 0 aliphatic heterocycles. The molecule has 0 aliphatic rings. The molecule has 9 nitrogen and oxygen atoms in total. The number of sulfone groups is 1. The number of benzene rings is 2. The van der Waals surface area contributed by atoms with Crippen LogP contribution in [0.3, 0.4) is 0 Å². The molecule has 158 valence electrons. The van der Waals surface area contributed by atoms with Crippen LogP contribution in [0.4, 0.5) is 9.93 Å². The van der Waals surface area contributed by atoms with Gasteiger partial charge in [-0.05, 0) is 36.4 Å². The predicted octanol–water partition coefficient (Wildman–Crippen LogP) is 3.50. The van der Waals surface area contributed by atoms with Crippen LogP contribution >= 0.6 is 22.9 Å². The van der Waals surface area contributed by atoms with Gasteiger partial charge in [-0.25, -0.2) is 23.2 Å². The molecule has 0 fully saturated rings. The largest absolute Gasteiger partial charge is 0.327 e. The van der Waals surface area contributed by atoms with E-state index in [0.717, 1.165) is 17.6 Å². The number of hydrogen-bond donors (Lipinski definition) is 2. The van der Waals surface area contributed by atoms with Gasteiger partial charge in [0.15, 0.2) is 15.0 Å². The van der Waals surface area contributed by atoms with E-state index in [1.807, 2.05) is 0 Å². The Kier molecular flexibility index (Phi) is 5.48. The number of urea groups is 1. The summed E-state index contributed by atoms with van der Waals surface area (Å²) in [6.07, 6.45) is 5.99. The minimum atomic E-state index is -3.36. The molecule has 0 bridgehead atoms. The van der Waals surface area contributed by atoms with E-state index in [0.29, 0.717) is 15.9 Å². The maximum absolute atomic E-state index is 12.6. The van der Waals surface area contributed by atoms with Crippen LogP contribution in [0, 0.1) is 0 Å². The Hall–Kier alpha value is -3.28. The number of anilines is 1. The Morgan fingerprint density at radius 2 is 1.97 bits per heavy atom. The van der Waals surface area contributed by atoms with Gasteiger partial charge in [0.05, 0.1) is 32.0 Å². The molecule has 12 heteroatoms. The molecular formula is C19H14ClN5O4S2. The van der Waals surface area contributed by atoms with Gasteiger partial charge in [0.2, 0.25) is 0 Å². The smallest absolute Gasteiger partial charge is 0.306 e. The highest BCUT2D eigenvalue weighted by Gasteiger charge is 2.17. The molecule has 0 atom stereocenters. The van der Waals surface area contributed by atoms with E-state index >= 15 is 0 Å². The molecule has 31 heavy (non-hydrogen) atoms.